The molecular formula is C65H59BN2O3. The van der Waals surface area contributed by atoms with Crippen LogP contribution in [0.5, 0.6) is 11.5 Å². The number of hydrogen-bond acceptors (Lipinski definition) is 5. The molecular weight excluding hydrogens is 868 g/mol. The molecule has 4 heterocycles. The lowest BCUT2D eigenvalue weighted by Gasteiger charge is -2.45. The molecule has 0 bridgehead atoms. The van der Waals surface area contributed by atoms with Gasteiger partial charge in [0, 0.05) is 51.2 Å². The molecule has 5 nitrogen and oxygen atoms in total. The van der Waals surface area contributed by atoms with Crippen molar-refractivity contribution in [2.75, 3.05) is 23.0 Å². The van der Waals surface area contributed by atoms with Crippen LogP contribution in [0.3, 0.4) is 0 Å². The van der Waals surface area contributed by atoms with Crippen LogP contribution in [-0.2, 0) is 16.2 Å². The highest BCUT2D eigenvalue weighted by atomic mass is 16.5. The maximum Gasteiger partial charge on any atom is 0.252 e. The average Bonchev–Trinajstić information content (AvgIpc) is 3.77. The second-order valence-electron chi connectivity index (χ2n) is 22.9. The van der Waals surface area contributed by atoms with Gasteiger partial charge < -0.3 is 23.7 Å². The lowest BCUT2D eigenvalue weighted by molar-refractivity contribution is 0.297. The second kappa shape index (κ2) is 15.5. The number of nitrogens with zero attached hydrogens (tertiary/aromatic N) is 2. The Kier molecular flexibility index (Phi) is 9.53. The number of hydrogen-bond donors (Lipinski definition) is 0. The molecule has 0 unspecified atom stereocenters. The Morgan fingerprint density at radius 2 is 1.18 bits per heavy atom. The van der Waals surface area contributed by atoms with Crippen LogP contribution < -0.4 is 35.7 Å². The zero-order valence-corrected chi connectivity index (χ0v) is 42.3. The van der Waals surface area contributed by atoms with Gasteiger partial charge in [0.2, 0.25) is 0 Å². The van der Waals surface area contributed by atoms with E-state index in [9.17, 15) is 0 Å². The monoisotopic (exact) mass is 926 g/mol. The summed E-state index contributed by atoms with van der Waals surface area (Å²) in [7, 11) is 0. The van der Waals surface area contributed by atoms with Crippen molar-refractivity contribution >= 4 is 68.2 Å². The third-order valence-electron chi connectivity index (χ3n) is 15.7. The molecule has 71 heavy (non-hydrogen) atoms. The Balaban J connectivity index is 1.10. The number of para-hydroxylation sites is 2. The molecule has 0 amide bonds. The van der Waals surface area contributed by atoms with Crippen molar-refractivity contribution < 1.29 is 13.9 Å². The number of anilines is 6. The molecule has 0 spiro atoms. The Morgan fingerprint density at radius 3 is 1.93 bits per heavy atom. The molecule has 350 valence electrons. The molecule has 0 saturated heterocycles. The van der Waals surface area contributed by atoms with Crippen LogP contribution in [0.4, 0.5) is 34.1 Å². The molecule has 3 aliphatic heterocycles. The van der Waals surface area contributed by atoms with Crippen molar-refractivity contribution in [3.8, 4) is 45.1 Å². The molecule has 0 atom stereocenters. The van der Waals surface area contributed by atoms with E-state index >= 15 is 0 Å². The summed E-state index contributed by atoms with van der Waals surface area (Å²) in [6.45, 7) is 22.1. The van der Waals surface area contributed by atoms with Gasteiger partial charge in [0.25, 0.3) is 6.71 Å². The van der Waals surface area contributed by atoms with Gasteiger partial charge in [-0.3, -0.25) is 0 Å². The lowest BCUT2D eigenvalue weighted by atomic mass is 9.33. The fourth-order valence-corrected chi connectivity index (χ4v) is 12.0. The predicted octanol–water partition coefficient (Wildman–Crippen LogP) is 15.2. The van der Waals surface area contributed by atoms with Gasteiger partial charge in [-0.2, -0.15) is 0 Å². The van der Waals surface area contributed by atoms with E-state index in [4.69, 9.17) is 13.9 Å². The van der Waals surface area contributed by atoms with Crippen molar-refractivity contribution in [1.82, 2.24) is 0 Å². The van der Waals surface area contributed by atoms with Crippen molar-refractivity contribution in [2.45, 2.75) is 85.0 Å². The van der Waals surface area contributed by atoms with Crippen LogP contribution in [0.25, 0.3) is 44.5 Å². The fraction of sp³-hybridized carbons (Fsp3) is 0.231. The highest BCUT2D eigenvalue weighted by Gasteiger charge is 2.45. The highest BCUT2D eigenvalue weighted by Crippen LogP contribution is 2.53. The third kappa shape index (κ3) is 6.81. The lowest BCUT2D eigenvalue weighted by Crippen LogP contribution is -2.61. The van der Waals surface area contributed by atoms with Gasteiger partial charge in [0.15, 0.2) is 11.5 Å². The van der Waals surface area contributed by atoms with Gasteiger partial charge >= 0.3 is 0 Å². The SMILES string of the molecule is Cc1cc2c3c(c1)N(c1cccc4c1OCCCO4)c1ccc(C(C)(C)C)cc1B3c1cc(C(C)(C)C)ccc1N2c1cc(-c2ccc3c(c2)C(C)(C)c2ccccc2-3)cc(-c2cc3ccccc3o2)c1. The second-order valence-corrected chi connectivity index (χ2v) is 22.9. The van der Waals surface area contributed by atoms with Gasteiger partial charge in [-0.15, -0.1) is 0 Å². The number of benzene rings is 8. The van der Waals surface area contributed by atoms with Crippen LogP contribution in [0.15, 0.2) is 162 Å². The van der Waals surface area contributed by atoms with E-state index in [0.717, 1.165) is 74.2 Å². The van der Waals surface area contributed by atoms with Crippen molar-refractivity contribution in [3.63, 3.8) is 0 Å². The van der Waals surface area contributed by atoms with Crippen molar-refractivity contribution in [3.05, 3.63) is 186 Å². The zero-order chi connectivity index (χ0) is 48.7. The molecule has 0 fully saturated rings. The summed E-state index contributed by atoms with van der Waals surface area (Å²) < 4.78 is 19.8. The molecule has 13 rings (SSSR count). The first-order valence-corrected chi connectivity index (χ1v) is 25.4. The topological polar surface area (TPSA) is 38.1 Å². The van der Waals surface area contributed by atoms with E-state index < -0.39 is 0 Å². The highest BCUT2D eigenvalue weighted by molar-refractivity contribution is 7.00. The quantitative estimate of drug-likeness (QED) is 0.164. The van der Waals surface area contributed by atoms with Gasteiger partial charge in [0.05, 0.1) is 18.9 Å². The van der Waals surface area contributed by atoms with Crippen LogP contribution in [-0.4, -0.2) is 19.9 Å². The van der Waals surface area contributed by atoms with Crippen LogP contribution >= 0.6 is 0 Å². The minimum atomic E-state index is -0.142. The van der Waals surface area contributed by atoms with E-state index in [2.05, 4.69) is 218 Å². The average molecular weight is 927 g/mol. The molecule has 8 aromatic carbocycles. The smallest absolute Gasteiger partial charge is 0.252 e. The fourth-order valence-electron chi connectivity index (χ4n) is 12.0. The summed E-state index contributed by atoms with van der Waals surface area (Å²) in [5.41, 5.74) is 23.6. The first-order valence-electron chi connectivity index (χ1n) is 25.4. The van der Waals surface area contributed by atoms with Crippen LogP contribution in [0.1, 0.15) is 89.6 Å². The zero-order valence-electron chi connectivity index (χ0n) is 42.3. The number of aryl methyl sites for hydroxylation is 1. The molecule has 0 radical (unpaired) electrons. The summed E-state index contributed by atoms with van der Waals surface area (Å²) in [5.74, 6) is 2.41. The molecule has 1 aromatic heterocycles. The van der Waals surface area contributed by atoms with E-state index in [0.29, 0.717) is 13.2 Å². The number of furan rings is 1. The maximum atomic E-state index is 6.76. The molecule has 1 aliphatic carbocycles. The van der Waals surface area contributed by atoms with Crippen molar-refractivity contribution in [2.24, 2.45) is 0 Å². The van der Waals surface area contributed by atoms with Gasteiger partial charge in [-0.05, 0) is 157 Å². The van der Waals surface area contributed by atoms with Crippen LogP contribution in [0, 0.1) is 6.92 Å². The first kappa shape index (κ1) is 43.6. The summed E-state index contributed by atoms with van der Waals surface area (Å²) in [6, 6.07) is 59.2. The van der Waals surface area contributed by atoms with Crippen LogP contribution in [0.2, 0.25) is 0 Å². The summed E-state index contributed by atoms with van der Waals surface area (Å²) >= 11 is 0. The molecule has 0 saturated carbocycles. The van der Waals surface area contributed by atoms with E-state index in [1.807, 2.05) is 12.1 Å². The standard InChI is InChI=1S/C65H59BN2O3/c1-39-30-56-61-57(31-39)68(55-19-14-21-59-62(55)70-29-15-28-69-59)54-27-24-45(64(5,6)7)38-52(54)66(61)51-37-44(63(2,3)4)23-26-53(51)67(56)46-33-42(32-43(34-46)60-36-41-16-10-13-20-58(41)71-60)40-22-25-48-47-17-11-12-18-49(47)65(8,9)50(48)35-40/h10-14,16-27,30-38H,15,28-29H2,1-9H3. The van der Waals surface area contributed by atoms with Crippen molar-refractivity contribution in [1.29, 1.82) is 0 Å². The van der Waals surface area contributed by atoms with Gasteiger partial charge in [-0.25, -0.2) is 0 Å². The molecule has 4 aliphatic rings. The van der Waals surface area contributed by atoms with E-state index in [1.165, 1.54) is 66.6 Å². The Morgan fingerprint density at radius 1 is 0.521 bits per heavy atom. The number of ether oxygens (including phenoxy) is 2. The van der Waals surface area contributed by atoms with E-state index in [-0.39, 0.29) is 23.0 Å². The maximum absolute atomic E-state index is 6.76. The Hall–Kier alpha value is -7.44. The van der Waals surface area contributed by atoms with Gasteiger partial charge in [-0.1, -0.05) is 140 Å². The molecule has 6 heteroatoms. The van der Waals surface area contributed by atoms with Gasteiger partial charge in [0.1, 0.15) is 11.3 Å². The van der Waals surface area contributed by atoms with E-state index in [1.54, 1.807) is 0 Å². The third-order valence-corrected chi connectivity index (χ3v) is 15.7. The minimum absolute atomic E-state index is 0.0548. The predicted molar refractivity (Wildman–Crippen MR) is 296 cm³/mol. The number of fused-ring (bicyclic) bond motifs is 9. The summed E-state index contributed by atoms with van der Waals surface area (Å²) in [5, 5.41) is 1.08. The Bertz CT molecular complexity index is 3650. The molecule has 0 N–H and O–H groups in total. The summed E-state index contributed by atoms with van der Waals surface area (Å²) in [4.78, 5) is 5.02. The Labute approximate surface area is 418 Å². The summed E-state index contributed by atoms with van der Waals surface area (Å²) in [6.07, 6.45) is 0.829. The minimum Gasteiger partial charge on any atom is -0.489 e. The normalized spacial score (nSPS) is 15.2. The molecule has 9 aromatic rings. The first-order chi connectivity index (χ1) is 34.1. The number of rotatable bonds is 4. The largest absolute Gasteiger partial charge is 0.489 e.